The van der Waals surface area contributed by atoms with Crippen LogP contribution >= 0.6 is 0 Å². The minimum Gasteiger partial charge on any atom is -0.494 e. The van der Waals surface area contributed by atoms with Gasteiger partial charge in [-0.05, 0) is 12.2 Å². The standard InChI is InChI=1S/C13H17NO8/c15-3-1-2-7-10(4-11(19)14-13(7)21)22-6-9(18)12(20)8(17)5-16/h1-3,8-9,12,16-18,20H,4-6H2,(H,14,19,21)/b2-1+/t8-,9+,12-/m1/s1. The number of aldehydes is 1. The molecular formula is C13H17NO8. The number of hydrogen-bond acceptors (Lipinski definition) is 8. The van der Waals surface area contributed by atoms with Gasteiger partial charge >= 0.3 is 0 Å². The molecule has 0 unspecified atom stereocenters. The number of rotatable bonds is 8. The monoisotopic (exact) mass is 315 g/mol. The summed E-state index contributed by atoms with van der Waals surface area (Å²) in [7, 11) is 0. The highest BCUT2D eigenvalue weighted by Gasteiger charge is 2.28. The van der Waals surface area contributed by atoms with Crippen molar-refractivity contribution in [3.8, 4) is 0 Å². The fraction of sp³-hybridized carbons (Fsp3) is 0.462. The van der Waals surface area contributed by atoms with Gasteiger partial charge in [0, 0.05) is 0 Å². The van der Waals surface area contributed by atoms with E-state index in [9.17, 15) is 29.7 Å². The first kappa shape index (κ1) is 18.0. The van der Waals surface area contributed by atoms with Crippen LogP contribution in [0, 0.1) is 0 Å². The molecule has 0 aromatic carbocycles. The average Bonchev–Trinajstić information content (AvgIpc) is 2.49. The summed E-state index contributed by atoms with van der Waals surface area (Å²) in [5, 5.41) is 39.0. The molecule has 3 atom stereocenters. The van der Waals surface area contributed by atoms with E-state index in [2.05, 4.69) is 0 Å². The molecule has 122 valence electrons. The molecule has 1 heterocycles. The van der Waals surface area contributed by atoms with E-state index in [1.165, 1.54) is 0 Å². The maximum Gasteiger partial charge on any atom is 0.261 e. The summed E-state index contributed by atoms with van der Waals surface area (Å²) in [6, 6.07) is 0. The minimum atomic E-state index is -1.66. The van der Waals surface area contributed by atoms with Crippen molar-refractivity contribution >= 4 is 18.1 Å². The second-order valence-corrected chi connectivity index (χ2v) is 4.50. The topological polar surface area (TPSA) is 153 Å². The van der Waals surface area contributed by atoms with Gasteiger partial charge < -0.3 is 25.2 Å². The molecule has 0 bridgehead atoms. The van der Waals surface area contributed by atoms with Crippen LogP contribution in [0.4, 0.5) is 0 Å². The maximum absolute atomic E-state index is 11.6. The van der Waals surface area contributed by atoms with Gasteiger partial charge in [0.15, 0.2) is 0 Å². The van der Waals surface area contributed by atoms with E-state index in [-0.39, 0.29) is 17.8 Å². The van der Waals surface area contributed by atoms with Crippen molar-refractivity contribution in [1.82, 2.24) is 5.32 Å². The van der Waals surface area contributed by atoms with E-state index in [1.54, 1.807) is 0 Å². The molecule has 0 radical (unpaired) electrons. The Morgan fingerprint density at radius 1 is 1.23 bits per heavy atom. The van der Waals surface area contributed by atoms with E-state index >= 15 is 0 Å². The van der Waals surface area contributed by atoms with Crippen molar-refractivity contribution in [1.29, 1.82) is 0 Å². The Bertz CT molecular complexity index is 498. The number of allylic oxidation sites excluding steroid dienone is 1. The summed E-state index contributed by atoms with van der Waals surface area (Å²) in [5.41, 5.74) is -0.0592. The molecule has 0 fully saturated rings. The molecule has 0 aromatic heterocycles. The number of ether oxygens (including phenoxy) is 1. The summed E-state index contributed by atoms with van der Waals surface area (Å²) < 4.78 is 5.14. The summed E-state index contributed by atoms with van der Waals surface area (Å²) in [5.74, 6) is -1.44. The molecule has 2 amide bonds. The van der Waals surface area contributed by atoms with Gasteiger partial charge in [0.2, 0.25) is 5.91 Å². The van der Waals surface area contributed by atoms with Crippen LogP contribution in [0.2, 0.25) is 0 Å². The van der Waals surface area contributed by atoms with Crippen LogP contribution in [-0.4, -0.2) is 70.1 Å². The lowest BCUT2D eigenvalue weighted by molar-refractivity contribution is -0.130. The Labute approximate surface area is 125 Å². The lowest BCUT2D eigenvalue weighted by atomic mass is 10.1. The molecule has 22 heavy (non-hydrogen) atoms. The SMILES string of the molecule is O=C/C=C/C1=C(OC[C@H](O)[C@H](O)[C@H](O)CO)CC(=O)NC1=O. The van der Waals surface area contributed by atoms with Gasteiger partial charge in [-0.15, -0.1) is 0 Å². The van der Waals surface area contributed by atoms with Crippen LogP contribution < -0.4 is 5.32 Å². The van der Waals surface area contributed by atoms with Gasteiger partial charge in [0.25, 0.3) is 5.91 Å². The van der Waals surface area contributed by atoms with Gasteiger partial charge in [-0.25, -0.2) is 0 Å². The van der Waals surface area contributed by atoms with Gasteiger partial charge in [-0.2, -0.15) is 0 Å². The van der Waals surface area contributed by atoms with Gasteiger partial charge in [-0.1, -0.05) is 0 Å². The van der Waals surface area contributed by atoms with Crippen LogP contribution in [0.25, 0.3) is 0 Å². The van der Waals surface area contributed by atoms with E-state index in [1.807, 2.05) is 5.32 Å². The molecule has 0 spiro atoms. The van der Waals surface area contributed by atoms with E-state index < -0.39 is 43.3 Å². The molecule has 9 heteroatoms. The first-order valence-electron chi connectivity index (χ1n) is 6.37. The fourth-order valence-corrected chi connectivity index (χ4v) is 1.69. The maximum atomic E-state index is 11.6. The molecule has 0 saturated heterocycles. The van der Waals surface area contributed by atoms with Gasteiger partial charge in [-0.3, -0.25) is 19.7 Å². The minimum absolute atomic E-state index is 0.0592. The number of imide groups is 1. The second kappa shape index (κ2) is 8.39. The molecule has 9 nitrogen and oxygen atoms in total. The number of carbonyl (C=O) groups is 3. The van der Waals surface area contributed by atoms with Crippen molar-refractivity contribution < 1.29 is 39.5 Å². The predicted octanol–water partition coefficient (Wildman–Crippen LogP) is -2.87. The molecule has 1 aliphatic heterocycles. The largest absolute Gasteiger partial charge is 0.494 e. The first-order chi connectivity index (χ1) is 10.4. The van der Waals surface area contributed by atoms with E-state index in [0.717, 1.165) is 12.2 Å². The zero-order valence-electron chi connectivity index (χ0n) is 11.5. The molecule has 0 aromatic rings. The normalized spacial score (nSPS) is 19.8. The Kier molecular flexibility index (Phi) is 6.86. The number of amides is 2. The van der Waals surface area contributed by atoms with Crippen LogP contribution in [0.15, 0.2) is 23.5 Å². The summed E-state index contributed by atoms with van der Waals surface area (Å²) in [6.07, 6.45) is -2.43. The van der Waals surface area contributed by atoms with Crippen molar-refractivity contribution in [3.05, 3.63) is 23.5 Å². The third-order valence-electron chi connectivity index (χ3n) is 2.86. The number of hydrogen-bond donors (Lipinski definition) is 5. The average molecular weight is 315 g/mol. The molecule has 1 aliphatic rings. The second-order valence-electron chi connectivity index (χ2n) is 4.50. The predicted molar refractivity (Wildman–Crippen MR) is 71.1 cm³/mol. The van der Waals surface area contributed by atoms with Crippen LogP contribution in [0.5, 0.6) is 0 Å². The molecular weight excluding hydrogens is 298 g/mol. The lowest BCUT2D eigenvalue weighted by Crippen LogP contribution is -2.42. The van der Waals surface area contributed by atoms with E-state index in [4.69, 9.17) is 9.84 Å². The molecule has 1 rings (SSSR count). The highest BCUT2D eigenvalue weighted by atomic mass is 16.5. The van der Waals surface area contributed by atoms with Crippen molar-refractivity contribution in [2.75, 3.05) is 13.2 Å². The number of aliphatic hydroxyl groups is 4. The third kappa shape index (κ3) is 4.74. The van der Waals surface area contributed by atoms with Crippen molar-refractivity contribution in [2.45, 2.75) is 24.7 Å². The van der Waals surface area contributed by atoms with Crippen LogP contribution in [0.3, 0.4) is 0 Å². The zero-order valence-corrected chi connectivity index (χ0v) is 11.5. The quantitative estimate of drug-likeness (QED) is 0.182. The number of carbonyl (C=O) groups excluding carboxylic acids is 3. The zero-order chi connectivity index (χ0) is 16.7. The fourth-order valence-electron chi connectivity index (χ4n) is 1.69. The Morgan fingerprint density at radius 2 is 1.91 bits per heavy atom. The third-order valence-corrected chi connectivity index (χ3v) is 2.86. The Hall–Kier alpha value is -2.07. The summed E-state index contributed by atoms with van der Waals surface area (Å²) >= 11 is 0. The number of aliphatic hydroxyl groups excluding tert-OH is 4. The van der Waals surface area contributed by atoms with Gasteiger partial charge in [0.05, 0.1) is 18.6 Å². The van der Waals surface area contributed by atoms with Crippen LogP contribution in [0.1, 0.15) is 6.42 Å². The first-order valence-corrected chi connectivity index (χ1v) is 6.37. The molecule has 5 N–H and O–H groups in total. The highest BCUT2D eigenvalue weighted by Crippen LogP contribution is 2.18. The van der Waals surface area contributed by atoms with Gasteiger partial charge in [0.1, 0.15) is 37.0 Å². The lowest BCUT2D eigenvalue weighted by Gasteiger charge is -2.24. The summed E-state index contributed by atoms with van der Waals surface area (Å²) in [6.45, 7) is -1.28. The summed E-state index contributed by atoms with van der Waals surface area (Å²) in [4.78, 5) is 33.3. The molecule has 0 aliphatic carbocycles. The molecule has 0 saturated carbocycles. The van der Waals surface area contributed by atoms with Crippen molar-refractivity contribution in [3.63, 3.8) is 0 Å². The Balaban J connectivity index is 2.82. The number of nitrogens with one attached hydrogen (secondary N) is 1. The Morgan fingerprint density at radius 3 is 2.50 bits per heavy atom. The van der Waals surface area contributed by atoms with Crippen molar-refractivity contribution in [2.24, 2.45) is 0 Å². The van der Waals surface area contributed by atoms with Crippen LogP contribution in [-0.2, 0) is 19.1 Å². The van der Waals surface area contributed by atoms with E-state index in [0.29, 0.717) is 6.29 Å². The smallest absolute Gasteiger partial charge is 0.261 e. The highest BCUT2D eigenvalue weighted by molar-refractivity contribution is 6.10.